The van der Waals surface area contributed by atoms with Crippen LogP contribution in [-0.4, -0.2) is 4.98 Å². The van der Waals surface area contributed by atoms with Crippen LogP contribution in [0.4, 0.5) is 0 Å². The highest BCUT2D eigenvalue weighted by atomic mass is 16.5. The fourth-order valence-electron chi connectivity index (χ4n) is 0.699. The lowest BCUT2D eigenvalue weighted by atomic mass is 10.3. The fourth-order valence-corrected chi connectivity index (χ4v) is 0.699. The standard InChI is InChI=1S/C8H10N2O/c1-6-3-4-10-8(5-6)11-7(2)9/h3-5H,2,9H2,1H3. The molecule has 2 N–H and O–H groups in total. The van der Waals surface area contributed by atoms with Crippen LogP contribution in [0.1, 0.15) is 5.56 Å². The Morgan fingerprint density at radius 3 is 3.00 bits per heavy atom. The van der Waals surface area contributed by atoms with E-state index in [-0.39, 0.29) is 5.88 Å². The Hall–Kier alpha value is -1.51. The summed E-state index contributed by atoms with van der Waals surface area (Å²) in [4.78, 5) is 3.92. The second-order valence-corrected chi connectivity index (χ2v) is 2.24. The summed E-state index contributed by atoms with van der Waals surface area (Å²) >= 11 is 0. The number of aromatic nitrogens is 1. The number of nitrogens with zero attached hydrogens (tertiary/aromatic N) is 1. The summed E-state index contributed by atoms with van der Waals surface area (Å²) in [7, 11) is 0. The summed E-state index contributed by atoms with van der Waals surface area (Å²) in [6, 6.07) is 3.67. The summed E-state index contributed by atoms with van der Waals surface area (Å²) < 4.78 is 4.97. The van der Waals surface area contributed by atoms with Crippen LogP contribution in [0.2, 0.25) is 0 Å². The van der Waals surface area contributed by atoms with E-state index in [2.05, 4.69) is 11.6 Å². The van der Waals surface area contributed by atoms with Crippen molar-refractivity contribution in [2.75, 3.05) is 0 Å². The van der Waals surface area contributed by atoms with Gasteiger partial charge in [0.25, 0.3) is 0 Å². The Morgan fingerprint density at radius 1 is 1.73 bits per heavy atom. The molecule has 3 nitrogen and oxygen atoms in total. The first kappa shape index (κ1) is 7.60. The Kier molecular flexibility index (Phi) is 2.11. The van der Waals surface area contributed by atoms with E-state index < -0.39 is 0 Å². The van der Waals surface area contributed by atoms with Gasteiger partial charge >= 0.3 is 0 Å². The third-order valence-electron chi connectivity index (χ3n) is 1.13. The molecule has 3 heteroatoms. The third kappa shape index (κ3) is 2.29. The average Bonchev–Trinajstić information content (AvgIpc) is 1.85. The van der Waals surface area contributed by atoms with Crippen molar-refractivity contribution in [2.24, 2.45) is 5.73 Å². The highest BCUT2D eigenvalue weighted by molar-refractivity contribution is 5.19. The molecule has 0 atom stereocenters. The van der Waals surface area contributed by atoms with Gasteiger partial charge in [-0.2, -0.15) is 0 Å². The average molecular weight is 150 g/mol. The molecule has 0 aliphatic rings. The number of hydrogen-bond acceptors (Lipinski definition) is 3. The lowest BCUT2D eigenvalue weighted by Crippen LogP contribution is -2.04. The van der Waals surface area contributed by atoms with Gasteiger partial charge in [0.1, 0.15) is 0 Å². The van der Waals surface area contributed by atoms with Crippen molar-refractivity contribution in [3.05, 3.63) is 36.4 Å². The first-order valence-corrected chi connectivity index (χ1v) is 3.23. The highest BCUT2D eigenvalue weighted by Crippen LogP contribution is 2.08. The van der Waals surface area contributed by atoms with Gasteiger partial charge < -0.3 is 10.5 Å². The zero-order chi connectivity index (χ0) is 8.27. The molecule has 1 heterocycles. The SMILES string of the molecule is C=C(N)Oc1cc(C)ccn1. The summed E-state index contributed by atoms with van der Waals surface area (Å²) in [6.45, 7) is 5.35. The predicted molar refractivity (Wildman–Crippen MR) is 42.9 cm³/mol. The van der Waals surface area contributed by atoms with Crippen molar-refractivity contribution in [2.45, 2.75) is 6.92 Å². The summed E-state index contributed by atoms with van der Waals surface area (Å²) in [5.41, 5.74) is 6.30. The highest BCUT2D eigenvalue weighted by Gasteiger charge is 1.94. The van der Waals surface area contributed by atoms with E-state index in [0.29, 0.717) is 5.88 Å². The van der Waals surface area contributed by atoms with E-state index in [1.54, 1.807) is 12.3 Å². The van der Waals surface area contributed by atoms with E-state index in [9.17, 15) is 0 Å². The third-order valence-corrected chi connectivity index (χ3v) is 1.13. The Labute approximate surface area is 65.5 Å². The monoisotopic (exact) mass is 150 g/mol. The molecule has 0 unspecified atom stereocenters. The first-order valence-electron chi connectivity index (χ1n) is 3.23. The largest absolute Gasteiger partial charge is 0.424 e. The van der Waals surface area contributed by atoms with Gasteiger partial charge in [0.15, 0.2) is 5.88 Å². The molecular weight excluding hydrogens is 140 g/mol. The Morgan fingerprint density at radius 2 is 2.45 bits per heavy atom. The van der Waals surface area contributed by atoms with Gasteiger partial charge in [-0.25, -0.2) is 4.98 Å². The molecule has 1 aromatic rings. The molecule has 0 saturated heterocycles. The molecule has 0 aromatic carbocycles. The van der Waals surface area contributed by atoms with Crippen LogP contribution >= 0.6 is 0 Å². The van der Waals surface area contributed by atoms with Crippen LogP contribution in [-0.2, 0) is 0 Å². The van der Waals surface area contributed by atoms with E-state index in [1.165, 1.54) is 0 Å². The Bertz CT molecular complexity index is 271. The van der Waals surface area contributed by atoms with Gasteiger partial charge in [-0.1, -0.05) is 0 Å². The number of ether oxygens (including phenoxy) is 1. The minimum absolute atomic E-state index is 0.156. The maximum Gasteiger partial charge on any atom is 0.221 e. The molecule has 0 radical (unpaired) electrons. The zero-order valence-electron chi connectivity index (χ0n) is 6.37. The van der Waals surface area contributed by atoms with E-state index in [1.807, 2.05) is 13.0 Å². The van der Waals surface area contributed by atoms with Crippen molar-refractivity contribution in [1.29, 1.82) is 0 Å². The van der Waals surface area contributed by atoms with Crippen molar-refractivity contribution in [1.82, 2.24) is 4.98 Å². The molecule has 1 rings (SSSR count). The molecule has 0 aliphatic carbocycles. The summed E-state index contributed by atoms with van der Waals surface area (Å²) in [5, 5.41) is 0. The van der Waals surface area contributed by atoms with Crippen LogP contribution in [0.25, 0.3) is 0 Å². The zero-order valence-corrected chi connectivity index (χ0v) is 6.37. The summed E-state index contributed by atoms with van der Waals surface area (Å²) in [5.74, 6) is 0.639. The van der Waals surface area contributed by atoms with Crippen LogP contribution in [0.15, 0.2) is 30.8 Å². The minimum Gasteiger partial charge on any atom is -0.424 e. The van der Waals surface area contributed by atoms with Crippen LogP contribution in [0, 0.1) is 6.92 Å². The smallest absolute Gasteiger partial charge is 0.221 e. The lowest BCUT2D eigenvalue weighted by Gasteiger charge is -2.01. The lowest BCUT2D eigenvalue weighted by molar-refractivity contribution is 0.406. The second kappa shape index (κ2) is 3.05. The van der Waals surface area contributed by atoms with E-state index >= 15 is 0 Å². The number of pyridine rings is 1. The number of rotatable bonds is 2. The van der Waals surface area contributed by atoms with Crippen LogP contribution in [0.3, 0.4) is 0 Å². The molecule has 0 fully saturated rings. The van der Waals surface area contributed by atoms with Crippen LogP contribution in [0.5, 0.6) is 5.88 Å². The molecule has 0 aliphatic heterocycles. The van der Waals surface area contributed by atoms with Crippen molar-refractivity contribution >= 4 is 0 Å². The molecule has 58 valence electrons. The molecule has 0 saturated carbocycles. The molecule has 0 amide bonds. The van der Waals surface area contributed by atoms with E-state index in [4.69, 9.17) is 10.5 Å². The van der Waals surface area contributed by atoms with Gasteiger partial charge in [-0.15, -0.1) is 0 Å². The first-order chi connectivity index (χ1) is 5.18. The normalized spacial score (nSPS) is 9.18. The van der Waals surface area contributed by atoms with Crippen LogP contribution < -0.4 is 10.5 Å². The number of aryl methyl sites for hydroxylation is 1. The predicted octanol–water partition coefficient (Wildman–Crippen LogP) is 1.20. The maximum atomic E-state index is 5.22. The second-order valence-electron chi connectivity index (χ2n) is 2.24. The van der Waals surface area contributed by atoms with Gasteiger partial charge in [0.2, 0.25) is 5.88 Å². The maximum absolute atomic E-state index is 5.22. The topological polar surface area (TPSA) is 48.1 Å². The van der Waals surface area contributed by atoms with Gasteiger partial charge in [0, 0.05) is 12.3 Å². The molecular formula is C8H10N2O. The van der Waals surface area contributed by atoms with Crippen molar-refractivity contribution in [3.63, 3.8) is 0 Å². The van der Waals surface area contributed by atoms with E-state index in [0.717, 1.165) is 5.56 Å². The van der Waals surface area contributed by atoms with Gasteiger partial charge in [-0.3, -0.25) is 0 Å². The number of nitrogens with two attached hydrogens (primary N) is 1. The molecule has 0 bridgehead atoms. The van der Waals surface area contributed by atoms with Crippen molar-refractivity contribution < 1.29 is 4.74 Å². The van der Waals surface area contributed by atoms with Gasteiger partial charge in [0.05, 0.1) is 0 Å². The van der Waals surface area contributed by atoms with Crippen molar-refractivity contribution in [3.8, 4) is 5.88 Å². The quantitative estimate of drug-likeness (QED) is 0.644. The molecule has 1 aromatic heterocycles. The molecule has 0 spiro atoms. The Balaban J connectivity index is 2.79. The van der Waals surface area contributed by atoms with Gasteiger partial charge in [-0.05, 0) is 25.1 Å². The fraction of sp³-hybridized carbons (Fsp3) is 0.125. The minimum atomic E-state index is 0.156. The molecule has 11 heavy (non-hydrogen) atoms. The number of hydrogen-bond donors (Lipinski definition) is 1. The summed E-state index contributed by atoms with van der Waals surface area (Å²) in [6.07, 6.45) is 1.66.